The van der Waals surface area contributed by atoms with Crippen LogP contribution in [0.1, 0.15) is 11.1 Å². The molecular weight excluding hydrogens is 214 g/mol. The van der Waals surface area contributed by atoms with Gasteiger partial charge < -0.3 is 5.32 Å². The lowest BCUT2D eigenvalue weighted by Gasteiger charge is -2.05. The molecule has 0 unspecified atom stereocenters. The number of nitrogens with one attached hydrogen (secondary N) is 1. The second-order valence-electron chi connectivity index (χ2n) is 3.25. The van der Waals surface area contributed by atoms with Gasteiger partial charge in [-0.3, -0.25) is 0 Å². The van der Waals surface area contributed by atoms with Crippen LogP contribution in [0, 0.1) is 6.92 Å². The van der Waals surface area contributed by atoms with Crippen molar-refractivity contribution in [1.29, 1.82) is 0 Å². The molecule has 0 radical (unpaired) electrons. The number of hydrogen-bond acceptors (Lipinski definition) is 2. The zero-order valence-electron chi connectivity index (χ0n) is 8.64. The fraction of sp³-hybridized carbons (Fsp3) is 0.455. The summed E-state index contributed by atoms with van der Waals surface area (Å²) in [5.41, 5.74) is 2.45. The lowest BCUT2D eigenvalue weighted by molar-refractivity contribution is 0.732. The molecule has 0 saturated carbocycles. The Morgan fingerprint density at radius 2 is 2.21 bits per heavy atom. The smallest absolute Gasteiger partial charge is 0.0435 e. The van der Waals surface area contributed by atoms with Crippen LogP contribution in [0.15, 0.2) is 18.2 Å². The van der Waals surface area contributed by atoms with Crippen LogP contribution in [0.2, 0.25) is 5.02 Å². The monoisotopic (exact) mass is 229 g/mol. The molecule has 1 aromatic rings. The topological polar surface area (TPSA) is 12.0 Å². The van der Waals surface area contributed by atoms with E-state index in [-0.39, 0.29) is 0 Å². The largest absolute Gasteiger partial charge is 0.312 e. The molecule has 0 saturated heterocycles. The zero-order chi connectivity index (χ0) is 10.4. The third kappa shape index (κ3) is 3.91. The van der Waals surface area contributed by atoms with Gasteiger partial charge in [0, 0.05) is 23.9 Å². The molecule has 0 spiro atoms. The van der Waals surface area contributed by atoms with Crippen molar-refractivity contribution in [3.8, 4) is 0 Å². The molecule has 3 heteroatoms. The SMILES string of the molecule is CSCCNCc1ccc(Cl)c(C)c1. The van der Waals surface area contributed by atoms with Crippen LogP contribution in [0.25, 0.3) is 0 Å². The standard InChI is InChI=1S/C11H16ClNS/c1-9-7-10(3-4-11(9)12)8-13-5-6-14-2/h3-4,7,13H,5-6,8H2,1-2H3. The van der Waals surface area contributed by atoms with E-state index in [1.165, 1.54) is 5.56 Å². The van der Waals surface area contributed by atoms with Gasteiger partial charge in [0.05, 0.1) is 0 Å². The van der Waals surface area contributed by atoms with Crippen LogP contribution in [0.3, 0.4) is 0 Å². The predicted octanol–water partition coefficient (Wildman–Crippen LogP) is 3.10. The lowest BCUT2D eigenvalue weighted by Crippen LogP contribution is -2.16. The van der Waals surface area contributed by atoms with Gasteiger partial charge in [-0.1, -0.05) is 23.7 Å². The van der Waals surface area contributed by atoms with E-state index in [0.29, 0.717) is 0 Å². The molecule has 0 bridgehead atoms. The fourth-order valence-electron chi connectivity index (χ4n) is 1.22. The molecule has 1 N–H and O–H groups in total. The summed E-state index contributed by atoms with van der Waals surface area (Å²) in [7, 11) is 0. The summed E-state index contributed by atoms with van der Waals surface area (Å²) in [6.45, 7) is 4.02. The van der Waals surface area contributed by atoms with Crippen LogP contribution in [-0.4, -0.2) is 18.6 Å². The van der Waals surface area contributed by atoms with Gasteiger partial charge >= 0.3 is 0 Å². The summed E-state index contributed by atoms with van der Waals surface area (Å²) in [4.78, 5) is 0. The van der Waals surface area contributed by atoms with Crippen molar-refractivity contribution in [2.75, 3.05) is 18.6 Å². The minimum atomic E-state index is 0.845. The first-order valence-corrected chi connectivity index (χ1v) is 6.46. The first-order valence-electron chi connectivity index (χ1n) is 4.68. The summed E-state index contributed by atoms with van der Waals surface area (Å²) in [5.74, 6) is 1.16. The van der Waals surface area contributed by atoms with E-state index in [4.69, 9.17) is 11.6 Å². The third-order valence-corrected chi connectivity index (χ3v) is 3.07. The van der Waals surface area contributed by atoms with Gasteiger partial charge in [0.1, 0.15) is 0 Å². The molecule has 78 valence electrons. The van der Waals surface area contributed by atoms with Crippen LogP contribution >= 0.6 is 23.4 Å². The number of benzene rings is 1. The quantitative estimate of drug-likeness (QED) is 0.779. The van der Waals surface area contributed by atoms with Gasteiger partial charge in [0.15, 0.2) is 0 Å². The fourth-order valence-corrected chi connectivity index (χ4v) is 1.69. The first kappa shape index (κ1) is 11.9. The summed E-state index contributed by atoms with van der Waals surface area (Å²) in [5, 5.41) is 4.23. The molecule has 0 atom stereocenters. The minimum Gasteiger partial charge on any atom is -0.312 e. The normalized spacial score (nSPS) is 10.5. The van der Waals surface area contributed by atoms with E-state index < -0.39 is 0 Å². The lowest BCUT2D eigenvalue weighted by atomic mass is 10.1. The average molecular weight is 230 g/mol. The number of halogens is 1. The highest BCUT2D eigenvalue weighted by atomic mass is 35.5. The van der Waals surface area contributed by atoms with Crippen molar-refractivity contribution in [2.24, 2.45) is 0 Å². The second-order valence-corrected chi connectivity index (χ2v) is 4.65. The van der Waals surface area contributed by atoms with Crippen LogP contribution in [0.4, 0.5) is 0 Å². The Bertz CT molecular complexity index is 289. The van der Waals surface area contributed by atoms with E-state index in [1.54, 1.807) is 0 Å². The van der Waals surface area contributed by atoms with Gasteiger partial charge in [-0.2, -0.15) is 11.8 Å². The Balaban J connectivity index is 2.39. The summed E-state index contributed by atoms with van der Waals surface area (Å²) < 4.78 is 0. The molecule has 1 nitrogen and oxygen atoms in total. The van der Waals surface area contributed by atoms with Gasteiger partial charge in [-0.15, -0.1) is 0 Å². The van der Waals surface area contributed by atoms with Crippen molar-refractivity contribution >= 4 is 23.4 Å². The minimum absolute atomic E-state index is 0.845. The van der Waals surface area contributed by atoms with Crippen molar-refractivity contribution in [1.82, 2.24) is 5.32 Å². The van der Waals surface area contributed by atoms with E-state index >= 15 is 0 Å². The number of aryl methyl sites for hydroxylation is 1. The maximum Gasteiger partial charge on any atom is 0.0435 e. The predicted molar refractivity (Wildman–Crippen MR) is 66.3 cm³/mol. The maximum absolute atomic E-state index is 5.94. The van der Waals surface area contributed by atoms with Crippen molar-refractivity contribution in [3.05, 3.63) is 34.3 Å². The first-order chi connectivity index (χ1) is 6.74. The van der Waals surface area contributed by atoms with Crippen molar-refractivity contribution in [3.63, 3.8) is 0 Å². The molecule has 0 fully saturated rings. The maximum atomic E-state index is 5.94. The van der Waals surface area contributed by atoms with E-state index in [0.717, 1.165) is 29.4 Å². The summed E-state index contributed by atoms with van der Waals surface area (Å²) in [6, 6.07) is 6.16. The Hall–Kier alpha value is -0.180. The zero-order valence-corrected chi connectivity index (χ0v) is 10.2. The van der Waals surface area contributed by atoms with Gasteiger partial charge in [-0.25, -0.2) is 0 Å². The highest BCUT2D eigenvalue weighted by Crippen LogP contribution is 2.15. The van der Waals surface area contributed by atoms with Crippen molar-refractivity contribution in [2.45, 2.75) is 13.5 Å². The van der Waals surface area contributed by atoms with Gasteiger partial charge in [0.2, 0.25) is 0 Å². The Morgan fingerprint density at radius 3 is 2.86 bits per heavy atom. The number of hydrogen-bond donors (Lipinski definition) is 1. The Labute approximate surface area is 95.2 Å². The highest BCUT2D eigenvalue weighted by Gasteiger charge is 1.96. The molecule has 0 aromatic heterocycles. The summed E-state index contributed by atoms with van der Waals surface area (Å²) in [6.07, 6.45) is 2.12. The second kappa shape index (κ2) is 6.33. The van der Waals surface area contributed by atoms with E-state index in [9.17, 15) is 0 Å². The van der Waals surface area contributed by atoms with Crippen LogP contribution in [0.5, 0.6) is 0 Å². The molecule has 1 rings (SSSR count). The van der Waals surface area contributed by atoms with E-state index in [2.05, 4.69) is 23.7 Å². The average Bonchev–Trinajstić information content (AvgIpc) is 2.18. The Morgan fingerprint density at radius 1 is 1.43 bits per heavy atom. The molecule has 0 amide bonds. The molecular formula is C11H16ClNS. The highest BCUT2D eigenvalue weighted by molar-refractivity contribution is 7.98. The van der Waals surface area contributed by atoms with E-state index in [1.807, 2.05) is 24.8 Å². The van der Waals surface area contributed by atoms with Crippen LogP contribution < -0.4 is 5.32 Å². The molecule has 14 heavy (non-hydrogen) atoms. The molecule has 0 aliphatic heterocycles. The van der Waals surface area contributed by atoms with Gasteiger partial charge in [0.25, 0.3) is 0 Å². The molecule has 0 aliphatic rings. The number of thioether (sulfide) groups is 1. The van der Waals surface area contributed by atoms with Crippen molar-refractivity contribution < 1.29 is 0 Å². The van der Waals surface area contributed by atoms with Crippen LogP contribution in [-0.2, 0) is 6.54 Å². The summed E-state index contributed by atoms with van der Waals surface area (Å²) >= 11 is 7.80. The Kier molecular flexibility index (Phi) is 5.38. The molecule has 1 aromatic carbocycles. The molecule has 0 heterocycles. The third-order valence-electron chi connectivity index (χ3n) is 2.03. The van der Waals surface area contributed by atoms with Gasteiger partial charge in [-0.05, 0) is 30.4 Å². The molecule has 0 aliphatic carbocycles. The number of rotatable bonds is 5.